The van der Waals surface area contributed by atoms with Crippen molar-refractivity contribution in [3.63, 3.8) is 0 Å². The number of nitrogens with zero attached hydrogens (tertiary/aromatic N) is 2. The molecule has 0 aliphatic rings. The summed E-state index contributed by atoms with van der Waals surface area (Å²) in [6, 6.07) is 5.36. The molecule has 0 aliphatic heterocycles. The van der Waals surface area contributed by atoms with Gasteiger partial charge in [0.25, 0.3) is 0 Å². The van der Waals surface area contributed by atoms with Crippen molar-refractivity contribution < 1.29 is 14.4 Å². The van der Waals surface area contributed by atoms with E-state index in [1.807, 2.05) is 13.0 Å². The Morgan fingerprint density at radius 2 is 2.38 bits per heavy atom. The van der Waals surface area contributed by atoms with Crippen LogP contribution in [0.1, 0.15) is 17.6 Å². The largest absolute Gasteiger partial charge is 0.438 e. The summed E-state index contributed by atoms with van der Waals surface area (Å²) in [5.74, 6) is -0.0164. The number of oxazole rings is 1. The van der Waals surface area contributed by atoms with Crippen LogP contribution < -0.4 is 0 Å². The lowest BCUT2D eigenvalue weighted by Crippen LogP contribution is -2.11. The van der Waals surface area contributed by atoms with Gasteiger partial charge in [0, 0.05) is 4.92 Å². The van der Waals surface area contributed by atoms with Gasteiger partial charge in [-0.2, -0.15) is 0 Å². The van der Waals surface area contributed by atoms with Crippen molar-refractivity contribution in [3.8, 4) is 0 Å². The average molecular weight is 222 g/mol. The van der Waals surface area contributed by atoms with Crippen LogP contribution in [0.15, 0.2) is 22.6 Å². The van der Waals surface area contributed by atoms with E-state index in [0.717, 1.165) is 5.56 Å². The van der Waals surface area contributed by atoms with E-state index in [-0.39, 0.29) is 5.89 Å². The maximum absolute atomic E-state index is 10.2. The van der Waals surface area contributed by atoms with Crippen LogP contribution in [0.5, 0.6) is 0 Å². The van der Waals surface area contributed by atoms with E-state index in [4.69, 9.17) is 4.42 Å². The highest BCUT2D eigenvalue weighted by molar-refractivity contribution is 5.73. The van der Waals surface area contributed by atoms with Gasteiger partial charge in [0.15, 0.2) is 11.7 Å². The Kier molecular flexibility index (Phi) is 2.57. The Morgan fingerprint density at radius 3 is 3.06 bits per heavy atom. The summed E-state index contributed by atoms with van der Waals surface area (Å²) < 4.78 is 5.22. The number of aliphatic hydroxyl groups is 1. The van der Waals surface area contributed by atoms with E-state index in [2.05, 4.69) is 4.98 Å². The topological polar surface area (TPSA) is 89.4 Å². The van der Waals surface area contributed by atoms with Crippen LogP contribution in [-0.2, 0) is 0 Å². The monoisotopic (exact) mass is 222 g/mol. The Bertz CT molecular complexity index is 535. The molecule has 0 fully saturated rings. The van der Waals surface area contributed by atoms with E-state index in [1.165, 1.54) is 0 Å². The maximum Gasteiger partial charge on any atom is 0.238 e. The number of rotatable bonds is 3. The molecule has 1 aromatic heterocycles. The summed E-state index contributed by atoms with van der Waals surface area (Å²) >= 11 is 0. The number of benzene rings is 1. The van der Waals surface area contributed by atoms with Gasteiger partial charge < -0.3 is 9.52 Å². The first-order valence-electron chi connectivity index (χ1n) is 4.73. The average Bonchev–Trinajstić information content (AvgIpc) is 2.59. The van der Waals surface area contributed by atoms with E-state index < -0.39 is 17.6 Å². The second-order valence-electron chi connectivity index (χ2n) is 3.55. The summed E-state index contributed by atoms with van der Waals surface area (Å²) in [6.45, 7) is 1.30. The van der Waals surface area contributed by atoms with Gasteiger partial charge in [0.1, 0.15) is 5.52 Å². The molecule has 6 nitrogen and oxygen atoms in total. The normalized spacial score (nSPS) is 12.9. The molecule has 0 bridgehead atoms. The standard InChI is InChI=1S/C10H10N2O4/c1-6-2-3-9-7(4-6)11-10(16-9)8(13)5-12(14)15/h2-4,8,13H,5H2,1H3. The number of hydrogen-bond acceptors (Lipinski definition) is 5. The third-order valence-electron chi connectivity index (χ3n) is 2.17. The second-order valence-corrected chi connectivity index (χ2v) is 3.55. The number of hydrogen-bond donors (Lipinski definition) is 1. The molecule has 2 aromatic rings. The van der Waals surface area contributed by atoms with Crippen molar-refractivity contribution in [2.45, 2.75) is 13.0 Å². The van der Waals surface area contributed by atoms with Gasteiger partial charge in [-0.05, 0) is 24.6 Å². The molecule has 2 rings (SSSR count). The van der Waals surface area contributed by atoms with Crippen molar-refractivity contribution in [1.29, 1.82) is 0 Å². The highest BCUT2D eigenvalue weighted by Crippen LogP contribution is 2.21. The molecule has 0 aliphatic carbocycles. The molecular formula is C10H10N2O4. The lowest BCUT2D eigenvalue weighted by atomic mass is 10.2. The maximum atomic E-state index is 10.2. The number of fused-ring (bicyclic) bond motifs is 1. The summed E-state index contributed by atoms with van der Waals surface area (Å²) in [7, 11) is 0. The molecule has 1 aromatic carbocycles. The Labute approximate surface area is 90.7 Å². The van der Waals surface area contributed by atoms with Crippen molar-refractivity contribution in [3.05, 3.63) is 39.8 Å². The van der Waals surface area contributed by atoms with Crippen LogP contribution in [0, 0.1) is 17.0 Å². The van der Waals surface area contributed by atoms with Crippen molar-refractivity contribution >= 4 is 11.1 Å². The highest BCUT2D eigenvalue weighted by Gasteiger charge is 2.20. The summed E-state index contributed by atoms with van der Waals surface area (Å²) in [5.41, 5.74) is 2.12. The van der Waals surface area contributed by atoms with Crippen LogP contribution in [0.3, 0.4) is 0 Å². The van der Waals surface area contributed by atoms with Gasteiger partial charge in [-0.1, -0.05) is 6.07 Å². The Balaban J connectivity index is 2.35. The summed E-state index contributed by atoms with van der Waals surface area (Å²) in [4.78, 5) is 13.6. The molecule has 1 heterocycles. The fourth-order valence-electron chi connectivity index (χ4n) is 1.42. The smallest absolute Gasteiger partial charge is 0.238 e. The zero-order chi connectivity index (χ0) is 11.7. The Morgan fingerprint density at radius 1 is 1.62 bits per heavy atom. The van der Waals surface area contributed by atoms with Gasteiger partial charge in [0.2, 0.25) is 12.4 Å². The van der Waals surface area contributed by atoms with Gasteiger partial charge in [-0.15, -0.1) is 0 Å². The van der Waals surface area contributed by atoms with Crippen LogP contribution in [0.25, 0.3) is 11.1 Å². The molecule has 0 saturated heterocycles. The molecule has 0 saturated carbocycles. The number of aryl methyl sites for hydroxylation is 1. The zero-order valence-electron chi connectivity index (χ0n) is 8.58. The van der Waals surface area contributed by atoms with Crippen molar-refractivity contribution in [1.82, 2.24) is 4.98 Å². The number of nitro groups is 1. The predicted molar refractivity (Wildman–Crippen MR) is 55.6 cm³/mol. The van der Waals surface area contributed by atoms with Crippen molar-refractivity contribution in [2.75, 3.05) is 6.54 Å². The van der Waals surface area contributed by atoms with Crippen LogP contribution in [-0.4, -0.2) is 21.6 Å². The van der Waals surface area contributed by atoms with Gasteiger partial charge in [-0.25, -0.2) is 4.98 Å². The summed E-state index contributed by atoms with van der Waals surface area (Å²) in [5, 5.41) is 19.7. The lowest BCUT2D eigenvalue weighted by Gasteiger charge is -1.98. The van der Waals surface area contributed by atoms with Crippen molar-refractivity contribution in [2.24, 2.45) is 0 Å². The van der Waals surface area contributed by atoms with E-state index in [9.17, 15) is 15.2 Å². The predicted octanol–water partition coefficient (Wildman–Crippen LogP) is 1.45. The molecule has 0 radical (unpaired) electrons. The first-order chi connectivity index (χ1) is 7.56. The quantitative estimate of drug-likeness (QED) is 0.627. The molecule has 1 N–H and O–H groups in total. The molecular weight excluding hydrogens is 212 g/mol. The number of aliphatic hydroxyl groups excluding tert-OH is 1. The van der Waals surface area contributed by atoms with Gasteiger partial charge in [0.05, 0.1) is 0 Å². The Hall–Kier alpha value is -1.95. The van der Waals surface area contributed by atoms with Gasteiger partial charge >= 0.3 is 0 Å². The molecule has 0 spiro atoms. The minimum absolute atomic E-state index is 0.0164. The number of aromatic nitrogens is 1. The molecule has 16 heavy (non-hydrogen) atoms. The minimum Gasteiger partial charge on any atom is -0.438 e. The lowest BCUT2D eigenvalue weighted by molar-refractivity contribution is -0.492. The third-order valence-corrected chi connectivity index (χ3v) is 2.17. The SMILES string of the molecule is Cc1ccc2oc(C(O)C[N+](=O)[O-])nc2c1. The molecule has 0 amide bonds. The van der Waals surface area contributed by atoms with Gasteiger partial charge in [-0.3, -0.25) is 10.1 Å². The fraction of sp³-hybridized carbons (Fsp3) is 0.300. The molecule has 1 atom stereocenters. The summed E-state index contributed by atoms with van der Waals surface area (Å²) in [6.07, 6.45) is -1.30. The third kappa shape index (κ3) is 2.01. The second kappa shape index (κ2) is 3.90. The molecule has 1 unspecified atom stereocenters. The first-order valence-corrected chi connectivity index (χ1v) is 4.73. The highest BCUT2D eigenvalue weighted by atomic mass is 16.6. The fourth-order valence-corrected chi connectivity index (χ4v) is 1.42. The van der Waals surface area contributed by atoms with Crippen LogP contribution in [0.2, 0.25) is 0 Å². The van der Waals surface area contributed by atoms with E-state index >= 15 is 0 Å². The zero-order valence-corrected chi connectivity index (χ0v) is 8.58. The first kappa shape index (κ1) is 10.6. The molecule has 6 heteroatoms. The van der Waals surface area contributed by atoms with E-state index in [0.29, 0.717) is 11.1 Å². The molecule has 84 valence electrons. The van der Waals surface area contributed by atoms with Crippen LogP contribution in [0.4, 0.5) is 0 Å². The minimum atomic E-state index is -1.30. The van der Waals surface area contributed by atoms with E-state index in [1.54, 1.807) is 12.1 Å². The van der Waals surface area contributed by atoms with Crippen LogP contribution >= 0.6 is 0 Å².